The second kappa shape index (κ2) is 7.68. The van der Waals surface area contributed by atoms with Crippen molar-refractivity contribution in [2.45, 2.75) is 52.5 Å². The molecule has 1 heterocycles. The van der Waals surface area contributed by atoms with Crippen molar-refractivity contribution >= 4 is 9.04 Å². The highest BCUT2D eigenvalue weighted by atomic mass is 28.3. The quantitative estimate of drug-likeness (QED) is 0.700. The van der Waals surface area contributed by atoms with E-state index in [0.29, 0.717) is 5.92 Å². The van der Waals surface area contributed by atoms with Crippen LogP contribution in [0, 0.1) is 23.2 Å². The SMILES string of the molecule is CCC(C#N)CC(=CC(C)C)[SiH]1CCCCO1. The lowest BCUT2D eigenvalue weighted by Gasteiger charge is -2.25. The molecule has 0 amide bonds. The number of nitrogens with zero attached hydrogens (tertiary/aromatic N) is 1. The molecule has 0 aromatic carbocycles. The predicted molar refractivity (Wildman–Crippen MR) is 74.1 cm³/mol. The molecule has 96 valence electrons. The number of hydrogen-bond donors (Lipinski definition) is 0. The van der Waals surface area contributed by atoms with Crippen molar-refractivity contribution in [3.05, 3.63) is 11.3 Å². The first kappa shape index (κ1) is 14.5. The van der Waals surface area contributed by atoms with E-state index in [-0.39, 0.29) is 5.92 Å². The first-order valence-corrected chi connectivity index (χ1v) is 8.75. The molecule has 2 atom stereocenters. The van der Waals surface area contributed by atoms with Crippen molar-refractivity contribution in [1.82, 2.24) is 0 Å². The van der Waals surface area contributed by atoms with Gasteiger partial charge in [-0.25, -0.2) is 0 Å². The van der Waals surface area contributed by atoms with E-state index in [4.69, 9.17) is 9.69 Å². The number of nitriles is 1. The molecule has 1 aliphatic heterocycles. The van der Waals surface area contributed by atoms with Gasteiger partial charge < -0.3 is 4.43 Å². The molecule has 0 aromatic heterocycles. The average molecular weight is 251 g/mol. The van der Waals surface area contributed by atoms with Gasteiger partial charge in [-0.2, -0.15) is 5.26 Å². The van der Waals surface area contributed by atoms with Crippen LogP contribution >= 0.6 is 0 Å². The Morgan fingerprint density at radius 1 is 1.47 bits per heavy atom. The Morgan fingerprint density at radius 3 is 2.71 bits per heavy atom. The molecule has 2 nitrogen and oxygen atoms in total. The zero-order valence-electron chi connectivity index (χ0n) is 11.4. The molecule has 0 bridgehead atoms. The zero-order chi connectivity index (χ0) is 12.7. The molecule has 1 saturated heterocycles. The Kier molecular flexibility index (Phi) is 6.54. The van der Waals surface area contributed by atoms with Crippen LogP contribution in [0.4, 0.5) is 0 Å². The van der Waals surface area contributed by atoms with E-state index in [1.54, 1.807) is 0 Å². The van der Waals surface area contributed by atoms with E-state index in [9.17, 15) is 0 Å². The maximum atomic E-state index is 9.10. The molecular weight excluding hydrogens is 226 g/mol. The van der Waals surface area contributed by atoms with E-state index >= 15 is 0 Å². The lowest BCUT2D eigenvalue weighted by molar-refractivity contribution is 0.290. The van der Waals surface area contributed by atoms with Crippen molar-refractivity contribution < 1.29 is 4.43 Å². The fourth-order valence-electron chi connectivity index (χ4n) is 2.33. The van der Waals surface area contributed by atoms with E-state index in [1.807, 2.05) is 0 Å². The summed E-state index contributed by atoms with van der Waals surface area (Å²) < 4.78 is 5.99. The van der Waals surface area contributed by atoms with Crippen molar-refractivity contribution in [3.8, 4) is 6.07 Å². The minimum absolute atomic E-state index is 0.179. The molecule has 17 heavy (non-hydrogen) atoms. The van der Waals surface area contributed by atoms with E-state index in [2.05, 4.69) is 32.9 Å². The molecule has 2 unspecified atom stereocenters. The van der Waals surface area contributed by atoms with Gasteiger partial charge in [0.1, 0.15) is 0 Å². The molecule has 1 rings (SSSR count). The highest BCUT2D eigenvalue weighted by molar-refractivity contribution is 6.60. The average Bonchev–Trinajstić information content (AvgIpc) is 2.35. The molecule has 0 radical (unpaired) electrons. The summed E-state index contributed by atoms with van der Waals surface area (Å²) in [5, 5.41) is 10.6. The molecule has 0 aromatic rings. The number of rotatable bonds is 5. The first-order valence-electron chi connectivity index (χ1n) is 6.89. The fraction of sp³-hybridized carbons (Fsp3) is 0.786. The van der Waals surface area contributed by atoms with Gasteiger partial charge in [0, 0.05) is 12.5 Å². The molecule has 1 fully saturated rings. The second-order valence-electron chi connectivity index (χ2n) is 5.28. The van der Waals surface area contributed by atoms with Gasteiger partial charge in [0.2, 0.25) is 9.04 Å². The summed E-state index contributed by atoms with van der Waals surface area (Å²) in [5.74, 6) is 0.747. The lowest BCUT2D eigenvalue weighted by Crippen LogP contribution is -2.27. The maximum Gasteiger partial charge on any atom is 0.204 e. The van der Waals surface area contributed by atoms with Gasteiger partial charge >= 0.3 is 0 Å². The second-order valence-corrected chi connectivity index (χ2v) is 7.91. The summed E-state index contributed by atoms with van der Waals surface area (Å²) in [6.45, 7) is 7.47. The Bertz CT molecular complexity index is 287. The highest BCUT2D eigenvalue weighted by Crippen LogP contribution is 2.25. The van der Waals surface area contributed by atoms with Crippen LogP contribution in [0.3, 0.4) is 0 Å². The molecule has 0 saturated carbocycles. The zero-order valence-corrected chi connectivity index (χ0v) is 12.6. The Hall–Kier alpha value is -0.593. The van der Waals surface area contributed by atoms with Gasteiger partial charge in [-0.15, -0.1) is 0 Å². The third-order valence-corrected chi connectivity index (χ3v) is 6.12. The van der Waals surface area contributed by atoms with Gasteiger partial charge in [-0.3, -0.25) is 0 Å². The first-order chi connectivity index (χ1) is 8.17. The summed E-state index contributed by atoms with van der Waals surface area (Å²) >= 11 is 0. The largest absolute Gasteiger partial charge is 0.416 e. The van der Waals surface area contributed by atoms with Crippen LogP contribution in [0.2, 0.25) is 6.04 Å². The van der Waals surface area contributed by atoms with Crippen LogP contribution in [0.5, 0.6) is 0 Å². The monoisotopic (exact) mass is 251 g/mol. The normalized spacial score (nSPS) is 23.5. The summed E-state index contributed by atoms with van der Waals surface area (Å²) in [6.07, 6.45) is 6.79. The summed E-state index contributed by atoms with van der Waals surface area (Å²) in [4.78, 5) is 0. The number of hydrogen-bond acceptors (Lipinski definition) is 2. The van der Waals surface area contributed by atoms with Crippen molar-refractivity contribution in [2.24, 2.45) is 11.8 Å². The summed E-state index contributed by atoms with van der Waals surface area (Å²) in [5.41, 5.74) is 0. The van der Waals surface area contributed by atoms with E-state index < -0.39 is 9.04 Å². The van der Waals surface area contributed by atoms with Gasteiger partial charge in [0.05, 0.1) is 6.07 Å². The fourth-order valence-corrected chi connectivity index (χ4v) is 5.34. The third-order valence-electron chi connectivity index (χ3n) is 3.30. The van der Waals surface area contributed by atoms with Gasteiger partial charge in [-0.05, 0) is 31.2 Å². The standard InChI is InChI=1S/C14H25NOSi/c1-4-13(11-15)10-14(9-12(2)3)17-8-6-5-7-16-17/h9,12-13,17H,4-8,10H2,1-3H3. The Balaban J connectivity index is 2.69. The summed E-state index contributed by atoms with van der Waals surface area (Å²) in [6, 6.07) is 3.68. The summed E-state index contributed by atoms with van der Waals surface area (Å²) in [7, 11) is -1.17. The van der Waals surface area contributed by atoms with Crippen molar-refractivity contribution in [3.63, 3.8) is 0 Å². The van der Waals surface area contributed by atoms with E-state index in [1.165, 1.54) is 24.1 Å². The number of allylic oxidation sites excluding steroid dienone is 2. The molecule has 1 aliphatic rings. The third kappa shape index (κ3) is 5.05. The van der Waals surface area contributed by atoms with Crippen LogP contribution in [0.25, 0.3) is 0 Å². The van der Waals surface area contributed by atoms with Crippen molar-refractivity contribution in [2.75, 3.05) is 6.61 Å². The minimum Gasteiger partial charge on any atom is -0.416 e. The Labute approximate surface area is 107 Å². The maximum absolute atomic E-state index is 9.10. The molecule has 0 spiro atoms. The van der Waals surface area contributed by atoms with Crippen LogP contribution < -0.4 is 0 Å². The van der Waals surface area contributed by atoms with Crippen LogP contribution in [-0.2, 0) is 4.43 Å². The van der Waals surface area contributed by atoms with Crippen LogP contribution in [0.1, 0.15) is 46.5 Å². The van der Waals surface area contributed by atoms with Crippen molar-refractivity contribution in [1.29, 1.82) is 5.26 Å². The molecule has 0 N–H and O–H groups in total. The smallest absolute Gasteiger partial charge is 0.204 e. The van der Waals surface area contributed by atoms with Crippen LogP contribution in [-0.4, -0.2) is 15.6 Å². The lowest BCUT2D eigenvalue weighted by atomic mass is 10.0. The molecule has 0 aliphatic carbocycles. The van der Waals surface area contributed by atoms with E-state index in [0.717, 1.165) is 19.4 Å². The predicted octanol–water partition coefficient (Wildman–Crippen LogP) is 3.58. The minimum atomic E-state index is -1.17. The topological polar surface area (TPSA) is 33.0 Å². The molecule has 3 heteroatoms. The van der Waals surface area contributed by atoms with Crippen LogP contribution in [0.15, 0.2) is 11.3 Å². The highest BCUT2D eigenvalue weighted by Gasteiger charge is 2.23. The van der Waals surface area contributed by atoms with Gasteiger partial charge in [0.25, 0.3) is 0 Å². The van der Waals surface area contributed by atoms with Gasteiger partial charge in [0.15, 0.2) is 0 Å². The molecular formula is C14H25NOSi. The van der Waals surface area contributed by atoms with Gasteiger partial charge in [-0.1, -0.05) is 38.5 Å². The Morgan fingerprint density at radius 2 is 2.24 bits per heavy atom.